The maximum absolute atomic E-state index is 10.1. The maximum atomic E-state index is 10.1. The zero-order valence-corrected chi connectivity index (χ0v) is 32.8. The van der Waals surface area contributed by atoms with Crippen LogP contribution in [0.1, 0.15) is 23.3 Å². The van der Waals surface area contributed by atoms with Crippen LogP contribution in [0.5, 0.6) is 0 Å². The topological polar surface area (TPSA) is 8.17 Å². The summed E-state index contributed by atoms with van der Waals surface area (Å²) in [4.78, 5) is 1.18. The van der Waals surface area contributed by atoms with Gasteiger partial charge < -0.3 is 9.47 Å². The molecule has 0 unspecified atom stereocenters. The predicted octanol–water partition coefficient (Wildman–Crippen LogP) is 16.6. The van der Waals surface area contributed by atoms with Crippen molar-refractivity contribution in [3.05, 3.63) is 254 Å². The van der Waals surface area contributed by atoms with Gasteiger partial charge in [0.05, 0.1) is 34.3 Å². The first-order valence-electron chi connectivity index (χ1n) is 28.4. The first-order chi connectivity index (χ1) is 37.8. The van der Waals surface area contributed by atoms with Gasteiger partial charge in [-0.15, -0.1) is 0 Å². The van der Waals surface area contributed by atoms with Crippen molar-refractivity contribution in [2.45, 2.75) is 0 Å². The van der Waals surface area contributed by atoms with E-state index >= 15 is 0 Å². The average molecular weight is 808 g/mol. The standard InChI is InChI=1S/C60H42N2/c1-4-15-43(16-5-1)44-27-29-45(30-28-44)46-31-36-52(37-32-46)61(53-38-33-48(34-39-53)56-24-11-10-23-55(56)47-17-6-2-7-18-47)54-22-14-19-49(41-54)50-35-40-60-58(42-50)57-25-12-13-26-59(57)62(60)51-20-8-3-9-21-51/h1-42H/i1D,4D,5D,14D,15D,16D,19D,22D,27D,28D,29D,30D,31D,32D,36D,37D,41D. The second-order valence-corrected chi connectivity index (χ2v) is 14.4. The molecule has 0 spiro atoms. The summed E-state index contributed by atoms with van der Waals surface area (Å²) in [5.41, 5.74) is 3.08. The van der Waals surface area contributed by atoms with E-state index in [2.05, 4.69) is 4.57 Å². The molecular weight excluding hydrogens is 749 g/mol. The van der Waals surface area contributed by atoms with Crippen molar-refractivity contribution in [3.63, 3.8) is 0 Å². The van der Waals surface area contributed by atoms with Crippen molar-refractivity contribution in [1.82, 2.24) is 4.57 Å². The summed E-state index contributed by atoms with van der Waals surface area (Å²) in [6.07, 6.45) is 0. The van der Waals surface area contributed by atoms with E-state index in [9.17, 15) is 11.0 Å². The number of anilines is 3. The van der Waals surface area contributed by atoms with Crippen LogP contribution in [0.2, 0.25) is 0 Å². The highest BCUT2D eigenvalue weighted by Gasteiger charge is 2.17. The van der Waals surface area contributed by atoms with Gasteiger partial charge in [-0.05, 0) is 122 Å². The predicted molar refractivity (Wildman–Crippen MR) is 263 cm³/mol. The normalized spacial score (nSPS) is 15.1. The Balaban J connectivity index is 1.15. The van der Waals surface area contributed by atoms with Gasteiger partial charge in [0, 0.05) is 33.5 Å². The molecule has 0 saturated carbocycles. The van der Waals surface area contributed by atoms with E-state index in [4.69, 9.17) is 12.3 Å². The molecule has 0 N–H and O–H groups in total. The van der Waals surface area contributed by atoms with Crippen molar-refractivity contribution < 1.29 is 23.3 Å². The summed E-state index contributed by atoms with van der Waals surface area (Å²) in [6, 6.07) is 34.5. The molecule has 0 aliphatic rings. The molecule has 1 heterocycles. The summed E-state index contributed by atoms with van der Waals surface area (Å²) in [7, 11) is 0. The van der Waals surface area contributed by atoms with Gasteiger partial charge in [0.15, 0.2) is 0 Å². The van der Waals surface area contributed by atoms with Gasteiger partial charge in [0.25, 0.3) is 0 Å². The highest BCUT2D eigenvalue weighted by Crippen LogP contribution is 2.41. The molecule has 11 aromatic rings. The van der Waals surface area contributed by atoms with Crippen molar-refractivity contribution >= 4 is 38.9 Å². The van der Waals surface area contributed by atoms with Crippen LogP contribution in [0.25, 0.3) is 83.1 Å². The van der Waals surface area contributed by atoms with Gasteiger partial charge in [0.2, 0.25) is 0 Å². The minimum Gasteiger partial charge on any atom is -0.310 e. The van der Waals surface area contributed by atoms with Crippen molar-refractivity contribution in [1.29, 1.82) is 0 Å². The Labute approximate surface area is 386 Å². The number of benzene rings is 10. The lowest BCUT2D eigenvalue weighted by molar-refractivity contribution is 1.18. The Morgan fingerprint density at radius 3 is 1.55 bits per heavy atom. The smallest absolute Gasteiger partial charge is 0.0651 e. The fourth-order valence-corrected chi connectivity index (χ4v) is 7.82. The molecule has 2 nitrogen and oxygen atoms in total. The Hall–Kier alpha value is -8.20. The highest BCUT2D eigenvalue weighted by atomic mass is 15.1. The van der Waals surface area contributed by atoms with E-state index in [1.54, 1.807) is 30.3 Å². The summed E-state index contributed by atoms with van der Waals surface area (Å²) in [5, 5.41) is 1.64. The molecule has 10 aromatic carbocycles. The van der Waals surface area contributed by atoms with E-state index < -0.39 is 131 Å². The van der Waals surface area contributed by atoms with Crippen LogP contribution in [0.3, 0.4) is 0 Å². The molecule has 0 aliphatic carbocycles. The third-order valence-corrected chi connectivity index (χ3v) is 10.7. The van der Waals surface area contributed by atoms with Gasteiger partial charge >= 0.3 is 0 Å². The van der Waals surface area contributed by atoms with Crippen LogP contribution < -0.4 is 4.90 Å². The maximum Gasteiger partial charge on any atom is 0.0651 e. The zero-order valence-electron chi connectivity index (χ0n) is 49.8. The van der Waals surface area contributed by atoms with Crippen LogP contribution in [0.4, 0.5) is 17.1 Å². The number of hydrogen-bond acceptors (Lipinski definition) is 1. The summed E-state index contributed by atoms with van der Waals surface area (Å²) in [6.45, 7) is 0. The largest absolute Gasteiger partial charge is 0.310 e. The number of fused-ring (bicyclic) bond motifs is 3. The van der Waals surface area contributed by atoms with Crippen LogP contribution >= 0.6 is 0 Å². The van der Waals surface area contributed by atoms with Gasteiger partial charge in [-0.25, -0.2) is 0 Å². The lowest BCUT2D eigenvalue weighted by Crippen LogP contribution is -2.10. The van der Waals surface area contributed by atoms with Gasteiger partial charge in [-0.1, -0.05) is 188 Å². The first-order valence-corrected chi connectivity index (χ1v) is 19.9. The van der Waals surface area contributed by atoms with Gasteiger partial charge in [-0.2, -0.15) is 0 Å². The second-order valence-electron chi connectivity index (χ2n) is 14.4. The van der Waals surface area contributed by atoms with E-state index in [1.807, 2.05) is 121 Å². The van der Waals surface area contributed by atoms with Crippen LogP contribution in [0, 0.1) is 0 Å². The van der Waals surface area contributed by atoms with Crippen molar-refractivity contribution in [3.8, 4) is 61.3 Å². The Morgan fingerprint density at radius 2 is 0.855 bits per heavy atom. The minimum atomic E-state index is -0.875. The number of nitrogens with zero attached hydrogens (tertiary/aromatic N) is 2. The first kappa shape index (κ1) is 23.0. The molecule has 1 aromatic heterocycles. The molecule has 0 fully saturated rings. The van der Waals surface area contributed by atoms with E-state index in [0.717, 1.165) is 49.7 Å². The third-order valence-electron chi connectivity index (χ3n) is 10.7. The molecule has 0 aliphatic heterocycles. The fourth-order valence-electron chi connectivity index (χ4n) is 7.82. The van der Waals surface area contributed by atoms with E-state index in [-0.39, 0.29) is 16.9 Å². The molecule has 0 amide bonds. The van der Waals surface area contributed by atoms with Crippen LogP contribution in [-0.4, -0.2) is 4.57 Å². The van der Waals surface area contributed by atoms with Gasteiger partial charge in [0.1, 0.15) is 0 Å². The van der Waals surface area contributed by atoms with Crippen LogP contribution in [0.15, 0.2) is 254 Å². The summed E-state index contributed by atoms with van der Waals surface area (Å²) < 4.78 is 157. The fraction of sp³-hybridized carbons (Fsp3) is 0. The quantitative estimate of drug-likeness (QED) is 0.141. The molecule has 292 valence electrons. The Bertz CT molecular complexity index is 4250. The van der Waals surface area contributed by atoms with Crippen molar-refractivity contribution in [2.75, 3.05) is 4.90 Å². The molecule has 0 radical (unpaired) electrons. The summed E-state index contributed by atoms with van der Waals surface area (Å²) in [5.74, 6) is 0. The number of aromatic nitrogens is 1. The molecule has 2 heteroatoms. The third kappa shape index (κ3) is 6.94. The lowest BCUT2D eigenvalue weighted by atomic mass is 9.94. The lowest BCUT2D eigenvalue weighted by Gasteiger charge is -2.26. The van der Waals surface area contributed by atoms with E-state index in [0.29, 0.717) is 5.56 Å². The Kier molecular flexibility index (Phi) is 5.97. The van der Waals surface area contributed by atoms with Crippen LogP contribution in [-0.2, 0) is 0 Å². The van der Waals surface area contributed by atoms with Gasteiger partial charge in [-0.3, -0.25) is 0 Å². The minimum absolute atomic E-state index is 0.0532. The monoisotopic (exact) mass is 807 g/mol. The second kappa shape index (κ2) is 16.1. The Morgan fingerprint density at radius 1 is 0.323 bits per heavy atom. The number of rotatable bonds is 9. The highest BCUT2D eigenvalue weighted by molar-refractivity contribution is 6.10. The molecular formula is C60H42N2. The molecule has 11 rings (SSSR count). The molecule has 62 heavy (non-hydrogen) atoms. The SMILES string of the molecule is [2H]c1c([2H])c([2H])c(-c2c([2H])c([2H])c(-c3c([2H])c([2H])c(N(c4ccc(-c5ccccc5-c5ccccc5)cc4)c4c([2H])c([2H])c([2H])c(-c5ccc6c(c5)c5ccccc5n6-c5ccccc5)c4[2H])c([2H])c3[2H])c([2H])c2[2H])c([2H])c1[2H]. The van der Waals surface area contributed by atoms with Crippen molar-refractivity contribution in [2.24, 2.45) is 0 Å². The zero-order chi connectivity index (χ0) is 56.0. The number of hydrogen-bond donors (Lipinski definition) is 0. The average Bonchev–Trinajstić information content (AvgIpc) is 3.94. The van der Waals surface area contributed by atoms with E-state index in [1.165, 1.54) is 4.90 Å². The molecule has 0 bridgehead atoms. The number of para-hydroxylation sites is 2. The molecule has 0 saturated heterocycles. The molecule has 0 atom stereocenters. The summed E-state index contributed by atoms with van der Waals surface area (Å²) >= 11 is 0.